The van der Waals surface area contributed by atoms with Crippen LogP contribution in [0.4, 0.5) is 0 Å². The van der Waals surface area contributed by atoms with E-state index in [9.17, 15) is 0 Å². The third-order valence-corrected chi connectivity index (χ3v) is 7.25. The zero-order chi connectivity index (χ0) is 23.8. The highest BCUT2D eigenvalue weighted by Crippen LogP contribution is 2.30. The van der Waals surface area contributed by atoms with Gasteiger partial charge in [-0.15, -0.1) is 5.10 Å². The largest absolute Gasteiger partial charge is 0.490 e. The van der Waals surface area contributed by atoms with E-state index in [0.29, 0.717) is 24.5 Å². The maximum atomic E-state index is 6.23. The first-order chi connectivity index (χ1) is 16.7. The number of hydrogen-bond acceptors (Lipinski definition) is 6. The molecule has 2 fully saturated rings. The van der Waals surface area contributed by atoms with Gasteiger partial charge in [0.1, 0.15) is 5.75 Å². The Hall–Kier alpha value is -2.18. The molecule has 1 aromatic heterocycles. The Morgan fingerprint density at radius 3 is 2.56 bits per heavy atom. The van der Waals surface area contributed by atoms with Gasteiger partial charge in [-0.1, -0.05) is 31.9 Å². The molecular weight excluding hydrogens is 426 g/mol. The lowest BCUT2D eigenvalue weighted by Gasteiger charge is -2.35. The number of nitrogens with zero attached hydrogens (tertiary/aromatic N) is 3. The minimum atomic E-state index is 0.226. The van der Waals surface area contributed by atoms with Crippen molar-refractivity contribution in [2.24, 2.45) is 5.92 Å². The molecule has 1 saturated heterocycles. The Morgan fingerprint density at radius 1 is 1.03 bits per heavy atom. The average molecular weight is 468 g/mol. The van der Waals surface area contributed by atoms with Gasteiger partial charge in [-0.05, 0) is 69.7 Å². The standard InChI is InChI=1S/C28H41N3O3/c1-4-5-11-26-25(21-12-14-24(15-13-21)34-23-9-7-6-8-10-23)18-28(30-29-26)33-20-22-19-31(2)17-16-27(22)32-3/h12-15,18,22-23,27H,4-11,16-17,19-20H2,1-3H3/t22-,27+/m0/s1. The van der Waals surface area contributed by atoms with Crippen LogP contribution < -0.4 is 9.47 Å². The van der Waals surface area contributed by atoms with E-state index in [1.807, 2.05) is 0 Å². The van der Waals surface area contributed by atoms with Crippen molar-refractivity contribution >= 4 is 0 Å². The number of aromatic nitrogens is 2. The summed E-state index contributed by atoms with van der Waals surface area (Å²) in [6, 6.07) is 10.5. The molecule has 1 aliphatic carbocycles. The highest BCUT2D eigenvalue weighted by atomic mass is 16.5. The van der Waals surface area contributed by atoms with Crippen molar-refractivity contribution in [1.29, 1.82) is 0 Å². The maximum absolute atomic E-state index is 6.23. The number of methoxy groups -OCH3 is 1. The summed E-state index contributed by atoms with van der Waals surface area (Å²) in [6.45, 7) is 4.82. The topological polar surface area (TPSA) is 56.7 Å². The van der Waals surface area contributed by atoms with Gasteiger partial charge in [-0.25, -0.2) is 0 Å². The molecule has 6 heteroatoms. The van der Waals surface area contributed by atoms with Crippen LogP contribution in [0.15, 0.2) is 30.3 Å². The molecule has 34 heavy (non-hydrogen) atoms. The predicted molar refractivity (Wildman–Crippen MR) is 135 cm³/mol. The van der Waals surface area contributed by atoms with Gasteiger partial charge < -0.3 is 19.1 Å². The highest BCUT2D eigenvalue weighted by Gasteiger charge is 2.28. The number of unbranched alkanes of at least 4 members (excludes halogenated alkanes) is 1. The van der Waals surface area contributed by atoms with E-state index >= 15 is 0 Å². The van der Waals surface area contributed by atoms with Crippen LogP contribution in [-0.2, 0) is 11.2 Å². The number of piperidine rings is 1. The number of hydrogen-bond donors (Lipinski definition) is 0. The number of rotatable bonds is 10. The van der Waals surface area contributed by atoms with Crippen molar-refractivity contribution in [3.8, 4) is 22.8 Å². The molecule has 0 radical (unpaired) electrons. The second-order valence-corrected chi connectivity index (χ2v) is 9.94. The molecule has 6 nitrogen and oxygen atoms in total. The van der Waals surface area contributed by atoms with Crippen molar-refractivity contribution in [2.45, 2.75) is 76.9 Å². The van der Waals surface area contributed by atoms with E-state index in [-0.39, 0.29) is 6.10 Å². The fraction of sp³-hybridized carbons (Fsp3) is 0.643. The van der Waals surface area contributed by atoms with Gasteiger partial charge in [-0.2, -0.15) is 5.10 Å². The molecule has 0 bridgehead atoms. The van der Waals surface area contributed by atoms with Crippen molar-refractivity contribution in [2.75, 3.05) is 33.9 Å². The SMILES string of the molecule is CCCCc1nnc(OC[C@@H]2CN(C)CC[C@H]2OC)cc1-c1ccc(OC2CCCCC2)cc1. The van der Waals surface area contributed by atoms with Crippen LogP contribution in [0.25, 0.3) is 11.1 Å². The summed E-state index contributed by atoms with van der Waals surface area (Å²) >= 11 is 0. The fourth-order valence-electron chi connectivity index (χ4n) is 5.19. The van der Waals surface area contributed by atoms with Gasteiger partial charge in [0, 0.05) is 37.7 Å². The molecule has 4 rings (SSSR count). The van der Waals surface area contributed by atoms with E-state index in [1.165, 1.54) is 32.1 Å². The highest BCUT2D eigenvalue weighted by molar-refractivity contribution is 5.67. The first kappa shape index (κ1) is 24.9. The number of likely N-dealkylation sites (tertiary alicyclic amines) is 1. The van der Waals surface area contributed by atoms with Gasteiger partial charge in [0.15, 0.2) is 0 Å². The lowest BCUT2D eigenvalue weighted by molar-refractivity contribution is -0.0173. The lowest BCUT2D eigenvalue weighted by atomic mass is 9.96. The summed E-state index contributed by atoms with van der Waals surface area (Å²) in [5.41, 5.74) is 3.27. The van der Waals surface area contributed by atoms with E-state index in [2.05, 4.69) is 59.4 Å². The third-order valence-electron chi connectivity index (χ3n) is 7.25. The van der Waals surface area contributed by atoms with Gasteiger partial charge in [0.25, 0.3) is 0 Å². The Kier molecular flexibility index (Phi) is 9.17. The monoisotopic (exact) mass is 467 g/mol. The van der Waals surface area contributed by atoms with Crippen molar-refractivity contribution in [3.05, 3.63) is 36.0 Å². The fourth-order valence-corrected chi connectivity index (χ4v) is 5.19. The van der Waals surface area contributed by atoms with E-state index in [0.717, 1.165) is 61.3 Å². The molecule has 2 aromatic rings. The zero-order valence-electron chi connectivity index (χ0n) is 21.2. The Labute approximate surface area is 205 Å². The number of benzene rings is 1. The van der Waals surface area contributed by atoms with Crippen LogP contribution in [0.2, 0.25) is 0 Å². The van der Waals surface area contributed by atoms with Crippen LogP contribution in [0.1, 0.15) is 64.0 Å². The molecule has 0 spiro atoms. The van der Waals surface area contributed by atoms with Crippen LogP contribution in [0.3, 0.4) is 0 Å². The molecule has 1 aliphatic heterocycles. The lowest BCUT2D eigenvalue weighted by Crippen LogP contribution is -2.44. The minimum Gasteiger partial charge on any atom is -0.490 e. The van der Waals surface area contributed by atoms with Crippen LogP contribution in [-0.4, -0.2) is 61.2 Å². The molecule has 0 amide bonds. The molecule has 2 aliphatic rings. The van der Waals surface area contributed by atoms with E-state index in [4.69, 9.17) is 14.2 Å². The average Bonchev–Trinajstić information content (AvgIpc) is 2.87. The second-order valence-electron chi connectivity index (χ2n) is 9.94. The minimum absolute atomic E-state index is 0.226. The van der Waals surface area contributed by atoms with Gasteiger partial charge in [-0.3, -0.25) is 0 Å². The summed E-state index contributed by atoms with van der Waals surface area (Å²) < 4.78 is 18.1. The normalized spacial score (nSPS) is 22.0. The van der Waals surface area contributed by atoms with E-state index < -0.39 is 0 Å². The molecule has 186 valence electrons. The first-order valence-corrected chi connectivity index (χ1v) is 13.1. The summed E-state index contributed by atoms with van der Waals surface area (Å²) in [4.78, 5) is 2.34. The van der Waals surface area contributed by atoms with Crippen molar-refractivity contribution in [3.63, 3.8) is 0 Å². The smallest absolute Gasteiger partial charge is 0.234 e. The Balaban J connectivity index is 1.47. The molecular formula is C28H41N3O3. The summed E-state index contributed by atoms with van der Waals surface area (Å²) in [6.07, 6.45) is 11.0. The van der Waals surface area contributed by atoms with Crippen LogP contribution >= 0.6 is 0 Å². The molecule has 0 N–H and O–H groups in total. The van der Waals surface area contributed by atoms with Gasteiger partial charge >= 0.3 is 0 Å². The van der Waals surface area contributed by atoms with Crippen molar-refractivity contribution in [1.82, 2.24) is 15.1 Å². The van der Waals surface area contributed by atoms with Gasteiger partial charge in [0.2, 0.25) is 5.88 Å². The van der Waals surface area contributed by atoms with Gasteiger partial charge in [0.05, 0.1) is 24.5 Å². The number of aryl methyl sites for hydroxylation is 1. The van der Waals surface area contributed by atoms with Crippen LogP contribution in [0.5, 0.6) is 11.6 Å². The number of ether oxygens (including phenoxy) is 3. The molecule has 0 unspecified atom stereocenters. The molecule has 1 aromatic carbocycles. The third kappa shape index (κ3) is 6.70. The predicted octanol–water partition coefficient (Wildman–Crippen LogP) is 5.54. The molecule has 2 atom stereocenters. The Bertz CT molecular complexity index is 883. The second kappa shape index (κ2) is 12.5. The summed E-state index contributed by atoms with van der Waals surface area (Å²) in [5.74, 6) is 1.86. The van der Waals surface area contributed by atoms with E-state index in [1.54, 1.807) is 7.11 Å². The first-order valence-electron chi connectivity index (χ1n) is 13.1. The summed E-state index contributed by atoms with van der Waals surface area (Å²) in [5, 5.41) is 8.99. The van der Waals surface area contributed by atoms with Crippen molar-refractivity contribution < 1.29 is 14.2 Å². The quantitative estimate of drug-likeness (QED) is 0.457. The maximum Gasteiger partial charge on any atom is 0.234 e. The van der Waals surface area contributed by atoms with Crippen LogP contribution in [0, 0.1) is 5.92 Å². The zero-order valence-corrected chi connectivity index (χ0v) is 21.2. The Morgan fingerprint density at radius 2 is 1.82 bits per heavy atom. The molecule has 2 heterocycles. The summed E-state index contributed by atoms with van der Waals surface area (Å²) in [7, 11) is 3.95. The molecule has 1 saturated carbocycles.